The van der Waals surface area contributed by atoms with Gasteiger partial charge >= 0.3 is 0 Å². The minimum atomic E-state index is -1.51. The maximum atomic E-state index is 14.4. The van der Waals surface area contributed by atoms with E-state index in [-0.39, 0.29) is 17.4 Å². The molecule has 2 atom stereocenters. The van der Waals surface area contributed by atoms with Gasteiger partial charge in [-0.15, -0.1) is 0 Å². The summed E-state index contributed by atoms with van der Waals surface area (Å²) in [6.45, 7) is 4.11. The predicted molar refractivity (Wildman–Crippen MR) is 101 cm³/mol. The third-order valence-corrected chi connectivity index (χ3v) is 5.97. The van der Waals surface area contributed by atoms with Crippen molar-refractivity contribution in [2.75, 3.05) is 5.75 Å². The molecule has 1 heterocycles. The summed E-state index contributed by atoms with van der Waals surface area (Å²) in [5.74, 6) is -0.526. The molecule has 1 aromatic heterocycles. The lowest BCUT2D eigenvalue weighted by Crippen LogP contribution is -2.41. The molecule has 4 nitrogen and oxygen atoms in total. The van der Waals surface area contributed by atoms with E-state index >= 15 is 0 Å². The summed E-state index contributed by atoms with van der Waals surface area (Å²) >= 11 is 1.60. The van der Waals surface area contributed by atoms with Crippen molar-refractivity contribution in [3.05, 3.63) is 48.1 Å². The Morgan fingerprint density at radius 3 is 2.65 bits per heavy atom. The fraction of sp³-hybridized carbons (Fsp3) is 0.579. The summed E-state index contributed by atoms with van der Waals surface area (Å²) in [6.07, 6.45) is 8.70. The van der Waals surface area contributed by atoms with E-state index in [2.05, 4.69) is 17.0 Å². The van der Waals surface area contributed by atoms with Crippen LogP contribution in [0, 0.1) is 11.6 Å². The highest BCUT2D eigenvalue weighted by molar-refractivity contribution is 7.99. The molecule has 0 saturated heterocycles. The molecule has 0 radical (unpaired) electrons. The molecular weight excluding hydrogens is 356 g/mol. The van der Waals surface area contributed by atoms with Crippen molar-refractivity contribution in [1.29, 1.82) is 0 Å². The second kappa shape index (κ2) is 10.0. The molecule has 0 unspecified atom stereocenters. The van der Waals surface area contributed by atoms with Gasteiger partial charge in [-0.3, -0.25) is 0 Å². The van der Waals surface area contributed by atoms with Gasteiger partial charge in [-0.1, -0.05) is 45.6 Å². The molecule has 7 heteroatoms. The lowest BCUT2D eigenvalue weighted by atomic mass is 9.90. The number of unbranched alkanes of at least 4 members (excludes halogenated alkanes) is 4. The Morgan fingerprint density at radius 1 is 1.23 bits per heavy atom. The van der Waals surface area contributed by atoms with Crippen molar-refractivity contribution in [3.63, 3.8) is 0 Å². The van der Waals surface area contributed by atoms with Crippen LogP contribution in [-0.4, -0.2) is 30.9 Å². The van der Waals surface area contributed by atoms with Crippen LogP contribution in [0.1, 0.15) is 51.5 Å². The average Bonchev–Trinajstić information content (AvgIpc) is 3.10. The molecule has 0 saturated carbocycles. The zero-order valence-corrected chi connectivity index (χ0v) is 16.2. The van der Waals surface area contributed by atoms with Gasteiger partial charge in [-0.25, -0.2) is 18.4 Å². The molecule has 0 fully saturated rings. The van der Waals surface area contributed by atoms with Gasteiger partial charge < -0.3 is 5.11 Å². The Bertz CT molecular complexity index is 669. The largest absolute Gasteiger partial charge is 0.382 e. The van der Waals surface area contributed by atoms with Crippen LogP contribution in [0.3, 0.4) is 0 Å². The second-order valence-electron chi connectivity index (χ2n) is 6.57. The molecule has 0 bridgehead atoms. The first-order valence-corrected chi connectivity index (χ1v) is 10.1. The van der Waals surface area contributed by atoms with Gasteiger partial charge in [-0.2, -0.15) is 16.9 Å². The van der Waals surface area contributed by atoms with Crippen LogP contribution in [0.4, 0.5) is 8.78 Å². The van der Waals surface area contributed by atoms with Gasteiger partial charge in [0.15, 0.2) is 0 Å². The first kappa shape index (κ1) is 20.8. The number of hydrogen-bond acceptors (Lipinski definition) is 4. The standard InChI is InChI=1S/C19H27F2N3OS/c1-3-4-5-6-7-10-26-15(2)19(25,12-24-14-22-13-23-24)17-9-8-16(20)11-18(17)21/h8-9,11,13-15,25H,3-7,10,12H2,1-2H3/t15-,19-/m1/s1. The third kappa shape index (κ3) is 5.51. The Kier molecular flexibility index (Phi) is 8.03. The van der Waals surface area contributed by atoms with Crippen LogP contribution in [-0.2, 0) is 12.1 Å². The fourth-order valence-electron chi connectivity index (χ4n) is 2.94. The molecule has 0 aliphatic rings. The van der Waals surface area contributed by atoms with Gasteiger partial charge in [0.25, 0.3) is 0 Å². The highest BCUT2D eigenvalue weighted by atomic mass is 32.2. The minimum absolute atomic E-state index is 0.0551. The van der Waals surface area contributed by atoms with Gasteiger partial charge in [0.1, 0.15) is 29.9 Å². The number of aromatic nitrogens is 3. The molecule has 0 aliphatic carbocycles. The first-order valence-electron chi connectivity index (χ1n) is 9.09. The summed E-state index contributed by atoms with van der Waals surface area (Å²) in [5, 5.41) is 15.1. The zero-order chi connectivity index (χ0) is 19.0. The Balaban J connectivity index is 2.12. The lowest BCUT2D eigenvalue weighted by Gasteiger charge is -2.34. The van der Waals surface area contributed by atoms with Crippen LogP contribution < -0.4 is 0 Å². The molecule has 144 valence electrons. The number of nitrogens with zero attached hydrogens (tertiary/aromatic N) is 3. The van der Waals surface area contributed by atoms with E-state index < -0.39 is 17.2 Å². The van der Waals surface area contributed by atoms with Crippen molar-refractivity contribution in [2.45, 2.75) is 63.3 Å². The normalized spacial score (nSPS) is 15.0. The molecule has 26 heavy (non-hydrogen) atoms. The smallest absolute Gasteiger partial charge is 0.137 e. The van der Waals surface area contributed by atoms with E-state index in [1.807, 2.05) is 6.92 Å². The predicted octanol–water partition coefficient (Wildman–Crippen LogP) is 4.54. The van der Waals surface area contributed by atoms with Gasteiger partial charge in [0.05, 0.1) is 6.54 Å². The lowest BCUT2D eigenvalue weighted by molar-refractivity contribution is 0.0133. The Labute approximate surface area is 158 Å². The highest BCUT2D eigenvalue weighted by Crippen LogP contribution is 2.36. The Hall–Kier alpha value is -1.47. The molecule has 1 N–H and O–H groups in total. The molecule has 2 rings (SSSR count). The Morgan fingerprint density at radius 2 is 2.00 bits per heavy atom. The number of rotatable bonds is 11. The van der Waals surface area contributed by atoms with Crippen molar-refractivity contribution in [3.8, 4) is 0 Å². The summed E-state index contributed by atoms with van der Waals surface area (Å²) in [5.41, 5.74) is -1.43. The van der Waals surface area contributed by atoms with Crippen molar-refractivity contribution in [2.24, 2.45) is 0 Å². The maximum Gasteiger partial charge on any atom is 0.137 e. The number of benzene rings is 1. The van der Waals surface area contributed by atoms with Crippen molar-refractivity contribution >= 4 is 11.8 Å². The molecule has 2 aromatic rings. The summed E-state index contributed by atoms with van der Waals surface area (Å²) in [6, 6.07) is 3.30. The zero-order valence-electron chi connectivity index (χ0n) is 15.4. The monoisotopic (exact) mass is 383 g/mol. The SMILES string of the molecule is CCCCCCCS[C@H](C)[C@](O)(Cn1cncn1)c1ccc(F)cc1F. The van der Waals surface area contributed by atoms with Crippen LogP contribution in [0.2, 0.25) is 0 Å². The van der Waals surface area contributed by atoms with Crippen LogP contribution in [0.15, 0.2) is 30.9 Å². The number of aliphatic hydroxyl groups is 1. The number of thioether (sulfide) groups is 1. The quantitative estimate of drug-likeness (QED) is 0.579. The van der Waals surface area contributed by atoms with Gasteiger partial charge in [0.2, 0.25) is 0 Å². The average molecular weight is 384 g/mol. The maximum absolute atomic E-state index is 14.4. The summed E-state index contributed by atoms with van der Waals surface area (Å²) in [4.78, 5) is 3.88. The third-order valence-electron chi connectivity index (χ3n) is 4.56. The van der Waals surface area contributed by atoms with E-state index in [9.17, 15) is 13.9 Å². The summed E-state index contributed by atoms with van der Waals surface area (Å²) in [7, 11) is 0. The first-order chi connectivity index (χ1) is 12.5. The summed E-state index contributed by atoms with van der Waals surface area (Å²) < 4.78 is 29.2. The molecule has 0 spiro atoms. The molecule has 0 amide bonds. The molecular formula is C19H27F2N3OS. The van der Waals surface area contributed by atoms with Crippen LogP contribution in [0.5, 0.6) is 0 Å². The van der Waals surface area contributed by atoms with Gasteiger partial charge in [-0.05, 0) is 18.2 Å². The number of hydrogen-bond donors (Lipinski definition) is 1. The van der Waals surface area contributed by atoms with Crippen LogP contribution in [0.25, 0.3) is 0 Å². The van der Waals surface area contributed by atoms with Crippen molar-refractivity contribution < 1.29 is 13.9 Å². The topological polar surface area (TPSA) is 50.9 Å². The molecule has 0 aliphatic heterocycles. The van der Waals surface area contributed by atoms with E-state index in [0.717, 1.165) is 24.7 Å². The van der Waals surface area contributed by atoms with Crippen LogP contribution >= 0.6 is 11.8 Å². The molecule has 1 aromatic carbocycles. The minimum Gasteiger partial charge on any atom is -0.382 e. The van der Waals surface area contributed by atoms with E-state index in [1.54, 1.807) is 11.8 Å². The van der Waals surface area contributed by atoms with Gasteiger partial charge in [0, 0.05) is 16.9 Å². The van der Waals surface area contributed by atoms with E-state index in [1.165, 1.54) is 48.7 Å². The fourth-order valence-corrected chi connectivity index (χ4v) is 4.14. The van der Waals surface area contributed by atoms with E-state index in [4.69, 9.17) is 0 Å². The second-order valence-corrected chi connectivity index (χ2v) is 8.02. The highest BCUT2D eigenvalue weighted by Gasteiger charge is 2.39. The number of halogens is 2. The van der Waals surface area contributed by atoms with E-state index in [0.29, 0.717) is 0 Å². The van der Waals surface area contributed by atoms with Crippen molar-refractivity contribution in [1.82, 2.24) is 14.8 Å².